The molecule has 4 aliphatic carbocycles. The van der Waals surface area contributed by atoms with Crippen molar-refractivity contribution in [2.45, 2.75) is 83.1 Å². The Bertz CT molecular complexity index is 2940. The quantitative estimate of drug-likeness (QED) is 0.129. The van der Waals surface area contributed by atoms with Gasteiger partial charge in [-0.2, -0.15) is 0 Å². The molecule has 0 atom stereocenters. The van der Waals surface area contributed by atoms with Crippen LogP contribution in [0.3, 0.4) is 0 Å². The zero-order valence-electron chi connectivity index (χ0n) is 37.8. The molecular formula is C64H55NS2. The highest BCUT2D eigenvalue weighted by Crippen LogP contribution is 2.75. The zero-order chi connectivity index (χ0) is 44.4. The van der Waals surface area contributed by atoms with Gasteiger partial charge >= 0.3 is 0 Å². The van der Waals surface area contributed by atoms with Crippen LogP contribution >= 0.6 is 20.1 Å². The van der Waals surface area contributed by atoms with E-state index in [1.165, 1.54) is 105 Å². The lowest BCUT2D eigenvalue weighted by Crippen LogP contribution is -2.48. The van der Waals surface area contributed by atoms with Crippen LogP contribution in [0.15, 0.2) is 282 Å². The summed E-state index contributed by atoms with van der Waals surface area (Å²) in [6.45, 7) is 0. The topological polar surface area (TPSA) is 4.93 Å². The number of aromatic nitrogens is 1. The maximum Gasteiger partial charge on any atom is 0.0541 e. The summed E-state index contributed by atoms with van der Waals surface area (Å²) in [5.74, 6) is 2.75. The molecule has 0 unspecified atom stereocenters. The number of benzene rings is 9. The minimum Gasteiger partial charge on any atom is -0.309 e. The Morgan fingerprint density at radius 2 is 0.612 bits per heavy atom. The van der Waals surface area contributed by atoms with Crippen LogP contribution in [0.1, 0.15) is 44.1 Å². The van der Waals surface area contributed by atoms with Gasteiger partial charge in [0.1, 0.15) is 0 Å². The highest BCUT2D eigenvalue weighted by molar-refractivity contribution is 8.34. The van der Waals surface area contributed by atoms with E-state index in [9.17, 15) is 0 Å². The lowest BCUT2D eigenvalue weighted by Gasteiger charge is -2.57. The molecule has 67 heavy (non-hydrogen) atoms. The maximum absolute atomic E-state index is 2.58. The molecule has 14 rings (SSSR count). The van der Waals surface area contributed by atoms with Crippen molar-refractivity contribution >= 4 is 41.9 Å². The SMILES string of the molecule is c1ccc(S(c2ccccc2)(c2ccccc2)c2ccc3c(c2)c2cc(S(c4ccccc4)(c4ccccc4)c4ccccc4)ccc2n3-c2ccc(C34CC5CC(CC(C5)C3)C4)cc2)cc1. The van der Waals surface area contributed by atoms with E-state index in [0.29, 0.717) is 5.41 Å². The van der Waals surface area contributed by atoms with E-state index in [0.717, 1.165) is 17.8 Å². The highest BCUT2D eigenvalue weighted by atomic mass is 32.3. The second-order valence-corrected chi connectivity index (χ2v) is 25.8. The minimum absolute atomic E-state index is 0.356. The second kappa shape index (κ2) is 16.4. The van der Waals surface area contributed by atoms with E-state index in [1.54, 1.807) is 5.56 Å². The van der Waals surface area contributed by atoms with Gasteiger partial charge in [-0.3, -0.25) is 0 Å². The van der Waals surface area contributed by atoms with Gasteiger partial charge in [-0.1, -0.05) is 121 Å². The van der Waals surface area contributed by atoms with Crippen molar-refractivity contribution in [1.29, 1.82) is 0 Å². The molecule has 3 heteroatoms. The third-order valence-corrected chi connectivity index (χ3v) is 23.6. The molecule has 0 radical (unpaired) electrons. The summed E-state index contributed by atoms with van der Waals surface area (Å²) in [5, 5.41) is 2.56. The third kappa shape index (κ3) is 6.46. The number of hydrogen-bond acceptors (Lipinski definition) is 0. The first-order valence-corrected chi connectivity index (χ1v) is 27.6. The predicted octanol–water partition coefficient (Wildman–Crippen LogP) is 17.9. The molecule has 4 saturated carbocycles. The molecular weight excluding hydrogens is 847 g/mol. The van der Waals surface area contributed by atoms with Crippen molar-refractivity contribution in [3.63, 3.8) is 0 Å². The number of hydrogen-bond donors (Lipinski definition) is 0. The molecule has 4 bridgehead atoms. The van der Waals surface area contributed by atoms with Crippen molar-refractivity contribution in [1.82, 2.24) is 4.57 Å². The van der Waals surface area contributed by atoms with Crippen molar-refractivity contribution in [3.05, 3.63) is 248 Å². The van der Waals surface area contributed by atoms with Crippen LogP contribution < -0.4 is 0 Å². The fourth-order valence-electron chi connectivity index (χ4n) is 13.4. The largest absolute Gasteiger partial charge is 0.309 e. The molecule has 0 N–H and O–H groups in total. The normalized spacial score (nSPS) is 20.6. The predicted molar refractivity (Wildman–Crippen MR) is 281 cm³/mol. The Hall–Kier alpha value is -6.52. The molecule has 1 nitrogen and oxygen atoms in total. The van der Waals surface area contributed by atoms with Crippen LogP contribution in [-0.2, 0) is 5.41 Å². The number of rotatable bonds is 10. The first-order valence-electron chi connectivity index (χ1n) is 24.3. The molecule has 9 aromatic carbocycles. The lowest BCUT2D eigenvalue weighted by molar-refractivity contribution is -0.00518. The monoisotopic (exact) mass is 901 g/mol. The smallest absolute Gasteiger partial charge is 0.0541 e. The van der Waals surface area contributed by atoms with Gasteiger partial charge in [0.2, 0.25) is 0 Å². The van der Waals surface area contributed by atoms with Crippen LogP contribution in [0.2, 0.25) is 0 Å². The van der Waals surface area contributed by atoms with Gasteiger partial charge in [0.15, 0.2) is 0 Å². The van der Waals surface area contributed by atoms with E-state index >= 15 is 0 Å². The molecule has 0 aliphatic heterocycles. The maximum atomic E-state index is 2.58. The molecule has 1 aromatic heterocycles. The average Bonchev–Trinajstić information content (AvgIpc) is 3.72. The van der Waals surface area contributed by atoms with Gasteiger partial charge < -0.3 is 4.57 Å². The molecule has 4 fully saturated rings. The zero-order valence-corrected chi connectivity index (χ0v) is 39.5. The van der Waals surface area contributed by atoms with Crippen molar-refractivity contribution in [2.24, 2.45) is 17.8 Å². The van der Waals surface area contributed by atoms with Crippen molar-refractivity contribution in [2.75, 3.05) is 0 Å². The molecule has 0 amide bonds. The molecule has 0 spiro atoms. The summed E-state index contributed by atoms with van der Waals surface area (Å²) < 4.78 is 2.57. The van der Waals surface area contributed by atoms with Gasteiger partial charge in [0.05, 0.1) is 11.0 Å². The summed E-state index contributed by atoms with van der Waals surface area (Å²) in [6, 6.07) is 92.6. The van der Waals surface area contributed by atoms with E-state index in [-0.39, 0.29) is 0 Å². The fraction of sp³-hybridized carbons (Fsp3) is 0.156. The molecule has 0 saturated heterocycles. The second-order valence-electron chi connectivity index (χ2n) is 19.5. The van der Waals surface area contributed by atoms with Crippen LogP contribution in [0.5, 0.6) is 0 Å². The summed E-state index contributed by atoms with van der Waals surface area (Å²) in [4.78, 5) is 10.6. The molecule has 1 heterocycles. The van der Waals surface area contributed by atoms with Crippen LogP contribution in [0, 0.1) is 17.8 Å². The summed E-state index contributed by atoms with van der Waals surface area (Å²) >= 11 is 0. The van der Waals surface area contributed by atoms with Gasteiger partial charge in [0.25, 0.3) is 0 Å². The fourth-order valence-corrected chi connectivity index (χ4v) is 21.2. The Balaban J connectivity index is 1.09. The van der Waals surface area contributed by atoms with Crippen LogP contribution in [0.25, 0.3) is 27.5 Å². The Morgan fingerprint density at radius 3 is 0.910 bits per heavy atom. The number of nitrogens with zero attached hydrogens (tertiary/aromatic N) is 1. The van der Waals surface area contributed by atoms with E-state index in [2.05, 4.69) is 247 Å². The first kappa shape index (κ1) is 40.7. The standard InChI is InChI=1S/C64H55NS2/c1-7-19-52(20-8-1)66(53-21-9-2-10-22-53,54-23-11-3-12-24-54)58-35-37-62-60(42-58)61-43-59(67(55-25-13-4-14-26-55,56-27-15-5-16-28-56)57-29-17-6-18-30-57)36-38-63(61)65(62)51-33-31-50(32-34-51)64-44-47-39-48(45-64)41-49(40-47)46-64/h1-38,42-43,47-49H,39-41,44-46H2. The first-order chi connectivity index (χ1) is 33.1. The summed E-state index contributed by atoms with van der Waals surface area (Å²) in [6.07, 6.45) is 8.52. The van der Waals surface area contributed by atoms with E-state index < -0.39 is 20.1 Å². The van der Waals surface area contributed by atoms with Crippen molar-refractivity contribution in [3.8, 4) is 5.69 Å². The minimum atomic E-state index is -1.93. The number of fused-ring (bicyclic) bond motifs is 3. The van der Waals surface area contributed by atoms with E-state index in [1.807, 2.05) is 0 Å². The summed E-state index contributed by atoms with van der Waals surface area (Å²) in [5.41, 5.74) is 5.63. The van der Waals surface area contributed by atoms with Crippen LogP contribution in [-0.4, -0.2) is 4.57 Å². The molecule has 10 aromatic rings. The Kier molecular flexibility index (Phi) is 9.95. The Labute approximate surface area is 398 Å². The molecule has 328 valence electrons. The van der Waals surface area contributed by atoms with E-state index in [4.69, 9.17) is 0 Å². The van der Waals surface area contributed by atoms with Crippen LogP contribution in [0.4, 0.5) is 0 Å². The average molecular weight is 902 g/mol. The van der Waals surface area contributed by atoms with Gasteiger partial charge in [-0.25, -0.2) is 0 Å². The Morgan fingerprint density at radius 1 is 0.313 bits per heavy atom. The highest BCUT2D eigenvalue weighted by Gasteiger charge is 2.51. The third-order valence-electron chi connectivity index (χ3n) is 15.8. The van der Waals surface area contributed by atoms with Gasteiger partial charge in [-0.15, -0.1) is 20.1 Å². The van der Waals surface area contributed by atoms with Gasteiger partial charge in [0, 0.05) is 55.6 Å². The van der Waals surface area contributed by atoms with Crippen molar-refractivity contribution < 1.29 is 0 Å². The van der Waals surface area contributed by atoms with Gasteiger partial charge in [-0.05, 0) is 189 Å². The lowest BCUT2D eigenvalue weighted by atomic mass is 9.48. The summed E-state index contributed by atoms with van der Waals surface area (Å²) in [7, 11) is -3.85. The molecule has 4 aliphatic rings.